The van der Waals surface area contributed by atoms with Crippen LogP contribution in [0.3, 0.4) is 0 Å². The predicted molar refractivity (Wildman–Crippen MR) is 84.8 cm³/mol. The number of esters is 1. The predicted octanol–water partition coefficient (Wildman–Crippen LogP) is 2.18. The minimum atomic E-state index is -0.477. The van der Waals surface area contributed by atoms with E-state index in [0.29, 0.717) is 23.3 Å². The zero-order chi connectivity index (χ0) is 16.3. The van der Waals surface area contributed by atoms with Crippen molar-refractivity contribution in [3.05, 3.63) is 28.5 Å². The number of carbonyl (C=O) groups excluding carboxylic acids is 1. The van der Waals surface area contributed by atoms with Crippen LogP contribution in [-0.4, -0.2) is 37.3 Å². The van der Waals surface area contributed by atoms with Crippen LogP contribution in [0.25, 0.3) is 11.0 Å². The molecule has 0 amide bonds. The lowest BCUT2D eigenvalue weighted by Crippen LogP contribution is -3.11. The van der Waals surface area contributed by atoms with E-state index in [4.69, 9.17) is 20.8 Å². The third kappa shape index (κ3) is 3.20. The molecule has 22 heavy (non-hydrogen) atoms. The summed E-state index contributed by atoms with van der Waals surface area (Å²) in [5.74, 6) is -0.130. The number of quaternary nitrogens is 1. The molecular weight excluding hydrogens is 306 g/mol. The van der Waals surface area contributed by atoms with Crippen LogP contribution in [0.2, 0.25) is 5.02 Å². The third-order valence-corrected chi connectivity index (χ3v) is 4.22. The summed E-state index contributed by atoms with van der Waals surface area (Å²) < 4.78 is 10.9. The average Bonchev–Trinajstić information content (AvgIpc) is 2.84. The minimum absolute atomic E-state index is 0.0865. The van der Waals surface area contributed by atoms with E-state index in [1.165, 1.54) is 11.0 Å². The highest BCUT2D eigenvalue weighted by atomic mass is 35.5. The van der Waals surface area contributed by atoms with Crippen LogP contribution in [0.1, 0.15) is 30.0 Å². The van der Waals surface area contributed by atoms with Crippen molar-refractivity contribution in [2.75, 3.05) is 26.2 Å². The van der Waals surface area contributed by atoms with Gasteiger partial charge in [-0.3, -0.25) is 0 Å². The molecule has 2 aromatic rings. The van der Waals surface area contributed by atoms with Gasteiger partial charge in [-0.1, -0.05) is 11.6 Å². The largest absolute Gasteiger partial charge is 0.506 e. The Morgan fingerprint density at radius 1 is 1.36 bits per heavy atom. The molecule has 1 aromatic carbocycles. The van der Waals surface area contributed by atoms with Gasteiger partial charge in [-0.2, -0.15) is 0 Å². The Bertz CT molecular complexity index is 676. The second kappa shape index (κ2) is 7.03. The van der Waals surface area contributed by atoms with Crippen LogP contribution in [0.4, 0.5) is 0 Å². The molecule has 0 spiro atoms. The highest BCUT2D eigenvalue weighted by Gasteiger charge is 2.23. The van der Waals surface area contributed by atoms with Gasteiger partial charge in [0.2, 0.25) is 0 Å². The molecule has 0 fully saturated rings. The van der Waals surface area contributed by atoms with Crippen molar-refractivity contribution in [1.82, 2.24) is 0 Å². The fourth-order valence-electron chi connectivity index (χ4n) is 2.47. The second-order valence-corrected chi connectivity index (χ2v) is 5.53. The van der Waals surface area contributed by atoms with Gasteiger partial charge in [0.15, 0.2) is 0 Å². The summed E-state index contributed by atoms with van der Waals surface area (Å²) in [4.78, 5) is 13.7. The van der Waals surface area contributed by atoms with E-state index in [2.05, 4.69) is 13.8 Å². The lowest BCUT2D eigenvalue weighted by Gasteiger charge is -2.15. The summed E-state index contributed by atoms with van der Waals surface area (Å²) in [5.41, 5.74) is 0.743. The van der Waals surface area contributed by atoms with Crippen LogP contribution in [-0.2, 0) is 4.74 Å². The fraction of sp³-hybridized carbons (Fsp3) is 0.438. The van der Waals surface area contributed by atoms with E-state index >= 15 is 0 Å². The average molecular weight is 327 g/mol. The molecule has 0 aliphatic heterocycles. The molecule has 0 radical (unpaired) electrons. The molecule has 0 aliphatic rings. The summed E-state index contributed by atoms with van der Waals surface area (Å²) in [5, 5.41) is 10.2. The Morgan fingerprint density at radius 3 is 2.68 bits per heavy atom. The number of likely N-dealkylation sites (N-methyl/N-ethyl adjacent to an activating group) is 1. The smallest absolute Gasteiger partial charge is 0.342 e. The first-order valence-corrected chi connectivity index (χ1v) is 7.78. The van der Waals surface area contributed by atoms with Crippen molar-refractivity contribution in [3.63, 3.8) is 0 Å². The lowest BCUT2D eigenvalue weighted by atomic mass is 10.1. The highest BCUT2D eigenvalue weighted by Crippen LogP contribution is 2.37. The molecule has 0 atom stereocenters. The summed E-state index contributed by atoms with van der Waals surface area (Å²) in [6, 6.07) is 3.02. The maximum absolute atomic E-state index is 12.3. The zero-order valence-electron chi connectivity index (χ0n) is 13.0. The Kier molecular flexibility index (Phi) is 5.32. The molecular formula is C16H21ClNO4+. The molecule has 0 bridgehead atoms. The van der Waals surface area contributed by atoms with Gasteiger partial charge >= 0.3 is 5.97 Å². The number of benzene rings is 1. The molecule has 0 unspecified atom stereocenters. The molecule has 2 rings (SSSR count). The Hall–Kier alpha value is -1.72. The summed E-state index contributed by atoms with van der Waals surface area (Å²) >= 11 is 6.10. The highest BCUT2D eigenvalue weighted by molar-refractivity contribution is 6.38. The van der Waals surface area contributed by atoms with Gasteiger partial charge in [-0.15, -0.1) is 0 Å². The van der Waals surface area contributed by atoms with Crippen LogP contribution in [0.15, 0.2) is 16.5 Å². The zero-order valence-corrected chi connectivity index (χ0v) is 13.8. The molecule has 0 saturated heterocycles. The number of hydrogen-bond donors (Lipinski definition) is 2. The Morgan fingerprint density at radius 2 is 2.05 bits per heavy atom. The monoisotopic (exact) mass is 326 g/mol. The molecule has 6 heteroatoms. The molecule has 2 N–H and O–H groups in total. The van der Waals surface area contributed by atoms with Gasteiger partial charge in [-0.25, -0.2) is 4.79 Å². The second-order valence-electron chi connectivity index (χ2n) is 5.15. The van der Waals surface area contributed by atoms with E-state index in [1.54, 1.807) is 13.0 Å². The fourth-order valence-corrected chi connectivity index (χ4v) is 2.72. The van der Waals surface area contributed by atoms with Crippen LogP contribution in [0.5, 0.6) is 5.75 Å². The van der Waals surface area contributed by atoms with Gasteiger partial charge in [-0.05, 0) is 32.9 Å². The normalized spacial score (nSPS) is 11.3. The molecule has 0 aliphatic carbocycles. The summed E-state index contributed by atoms with van der Waals surface area (Å²) in [7, 11) is 0. The number of aryl methyl sites for hydroxylation is 1. The van der Waals surface area contributed by atoms with Crippen molar-refractivity contribution < 1.29 is 24.0 Å². The number of ether oxygens (including phenoxy) is 1. The van der Waals surface area contributed by atoms with Gasteiger partial charge in [0.05, 0.1) is 23.5 Å². The van der Waals surface area contributed by atoms with Gasteiger partial charge in [0.1, 0.15) is 35.8 Å². The van der Waals surface area contributed by atoms with E-state index < -0.39 is 5.97 Å². The topological polar surface area (TPSA) is 64.1 Å². The number of furan rings is 1. The number of nitrogens with one attached hydrogen (secondary N) is 1. The van der Waals surface area contributed by atoms with Crippen molar-refractivity contribution in [2.45, 2.75) is 20.8 Å². The number of halogens is 1. The summed E-state index contributed by atoms with van der Waals surface area (Å²) in [6.45, 7) is 8.93. The first-order chi connectivity index (χ1) is 10.5. The first-order valence-electron chi connectivity index (χ1n) is 7.40. The number of aromatic hydroxyl groups is 1. The number of phenols is 1. The van der Waals surface area contributed by atoms with Crippen LogP contribution < -0.4 is 4.90 Å². The number of phenolic OH excluding ortho intramolecular Hbond substituents is 1. The third-order valence-electron chi connectivity index (χ3n) is 3.84. The molecule has 0 saturated carbocycles. The Labute approximate surface area is 134 Å². The maximum Gasteiger partial charge on any atom is 0.342 e. The molecule has 120 valence electrons. The van der Waals surface area contributed by atoms with E-state index in [9.17, 15) is 9.90 Å². The van der Waals surface area contributed by atoms with Crippen molar-refractivity contribution in [3.8, 4) is 5.75 Å². The molecule has 1 aromatic heterocycles. The standard InChI is InChI=1S/C16H20ClNO4/c1-4-18(5-2)8-9-21-16(20)13-10(3)22-12-7-6-11(19)15(17)14(12)13/h6-7,19H,4-5,8-9H2,1-3H3/p+1. The van der Waals surface area contributed by atoms with E-state index in [-0.39, 0.29) is 16.3 Å². The van der Waals surface area contributed by atoms with Gasteiger partial charge in [0, 0.05) is 0 Å². The summed E-state index contributed by atoms with van der Waals surface area (Å²) in [6.07, 6.45) is 0. The maximum atomic E-state index is 12.3. The van der Waals surface area contributed by atoms with Crippen molar-refractivity contribution in [2.24, 2.45) is 0 Å². The number of fused-ring (bicyclic) bond motifs is 1. The number of rotatable bonds is 6. The first kappa shape index (κ1) is 16.6. The van der Waals surface area contributed by atoms with Gasteiger partial charge in [0.25, 0.3) is 0 Å². The van der Waals surface area contributed by atoms with E-state index in [1.807, 2.05) is 0 Å². The minimum Gasteiger partial charge on any atom is -0.506 e. The van der Waals surface area contributed by atoms with Crippen molar-refractivity contribution >= 4 is 28.5 Å². The van der Waals surface area contributed by atoms with Gasteiger partial charge < -0.3 is 19.2 Å². The molecule has 1 heterocycles. The van der Waals surface area contributed by atoms with Crippen LogP contribution in [0, 0.1) is 6.92 Å². The van der Waals surface area contributed by atoms with Crippen molar-refractivity contribution in [1.29, 1.82) is 0 Å². The van der Waals surface area contributed by atoms with E-state index in [0.717, 1.165) is 19.6 Å². The number of hydrogen-bond acceptors (Lipinski definition) is 4. The SMILES string of the molecule is CC[NH+](CC)CCOC(=O)c1c(C)oc2ccc(O)c(Cl)c12. The Balaban J connectivity index is 2.21. The lowest BCUT2D eigenvalue weighted by molar-refractivity contribution is -0.896. The number of carbonyl (C=O) groups is 1. The molecule has 5 nitrogen and oxygen atoms in total. The quantitative estimate of drug-likeness (QED) is 0.799. The van der Waals surface area contributed by atoms with Crippen LogP contribution >= 0.6 is 11.6 Å².